The molecule has 2 unspecified atom stereocenters. The van der Waals surface area contributed by atoms with E-state index in [2.05, 4.69) is 13.3 Å². The quantitative estimate of drug-likeness (QED) is 0.623. The fourth-order valence-corrected chi connectivity index (χ4v) is 1.73. The van der Waals surface area contributed by atoms with E-state index in [1.165, 1.54) is 25.7 Å². The van der Waals surface area contributed by atoms with Gasteiger partial charge < -0.3 is 5.11 Å². The average Bonchev–Trinajstić information content (AvgIpc) is 2.05. The lowest BCUT2D eigenvalue weighted by atomic mass is 9.81. The minimum atomic E-state index is 0.358. The van der Waals surface area contributed by atoms with Crippen molar-refractivity contribution < 1.29 is 5.11 Å². The lowest BCUT2D eigenvalue weighted by molar-refractivity contribution is 0.194. The lowest BCUT2D eigenvalue weighted by Crippen LogP contribution is -2.18. The first-order valence-corrected chi connectivity index (χ1v) is 4.31. The third kappa shape index (κ3) is 1.98. The molecule has 10 heavy (non-hydrogen) atoms. The van der Waals surface area contributed by atoms with Gasteiger partial charge in [-0.15, -0.1) is 0 Å². The van der Waals surface area contributed by atoms with E-state index in [1.807, 2.05) is 0 Å². The Morgan fingerprint density at radius 3 is 3.00 bits per heavy atom. The van der Waals surface area contributed by atoms with Crippen LogP contribution in [0.3, 0.4) is 0 Å². The first-order valence-electron chi connectivity index (χ1n) is 4.31. The molecule has 1 heteroatoms. The normalized spacial score (nSPS) is 34.2. The Labute approximate surface area is 63.4 Å². The highest BCUT2D eigenvalue weighted by molar-refractivity contribution is 4.84. The molecule has 2 atom stereocenters. The maximum atomic E-state index is 8.87. The van der Waals surface area contributed by atoms with Crippen molar-refractivity contribution in [3.8, 4) is 0 Å². The third-order valence-corrected chi connectivity index (χ3v) is 2.52. The molecule has 1 fully saturated rings. The van der Waals surface area contributed by atoms with E-state index < -0.39 is 0 Å². The maximum absolute atomic E-state index is 8.87. The summed E-state index contributed by atoms with van der Waals surface area (Å²) in [6.07, 6.45) is 7.32. The molecule has 0 spiro atoms. The Bertz CT molecular complexity index is 80.7. The number of hydrogen-bond donors (Lipinski definition) is 1. The first-order chi connectivity index (χ1) is 4.86. The summed E-state index contributed by atoms with van der Waals surface area (Å²) in [6.45, 7) is 2.60. The van der Waals surface area contributed by atoms with Crippen molar-refractivity contribution in [3.05, 3.63) is 6.42 Å². The monoisotopic (exact) mass is 141 g/mol. The van der Waals surface area contributed by atoms with Crippen LogP contribution in [0.15, 0.2) is 0 Å². The molecule has 0 heterocycles. The number of rotatable bonds is 2. The maximum Gasteiger partial charge on any atom is 0.0462 e. The van der Waals surface area contributed by atoms with Crippen LogP contribution in [0.5, 0.6) is 0 Å². The topological polar surface area (TPSA) is 20.2 Å². The Morgan fingerprint density at radius 1 is 1.60 bits per heavy atom. The predicted octanol–water partition coefficient (Wildman–Crippen LogP) is 2.01. The second-order valence-electron chi connectivity index (χ2n) is 3.27. The van der Waals surface area contributed by atoms with Gasteiger partial charge in [0.2, 0.25) is 0 Å². The van der Waals surface area contributed by atoms with E-state index in [1.54, 1.807) is 0 Å². The van der Waals surface area contributed by atoms with E-state index in [0.29, 0.717) is 12.5 Å². The summed E-state index contributed by atoms with van der Waals surface area (Å²) >= 11 is 0. The molecular weight excluding hydrogens is 124 g/mol. The largest absolute Gasteiger partial charge is 0.396 e. The lowest BCUT2D eigenvalue weighted by Gasteiger charge is -2.26. The van der Waals surface area contributed by atoms with Gasteiger partial charge in [0.05, 0.1) is 0 Å². The summed E-state index contributed by atoms with van der Waals surface area (Å²) in [5.74, 6) is 1.38. The molecule has 1 aliphatic carbocycles. The van der Waals surface area contributed by atoms with Crippen LogP contribution in [0.1, 0.15) is 32.6 Å². The summed E-state index contributed by atoms with van der Waals surface area (Å²) in [5.41, 5.74) is 0. The average molecular weight is 141 g/mol. The summed E-state index contributed by atoms with van der Waals surface area (Å²) in [7, 11) is 0. The van der Waals surface area contributed by atoms with Crippen molar-refractivity contribution in [1.82, 2.24) is 0 Å². The molecule has 0 bridgehead atoms. The first kappa shape index (κ1) is 8.06. The Hall–Kier alpha value is -0.0400. The van der Waals surface area contributed by atoms with Crippen LogP contribution in [0.4, 0.5) is 0 Å². The van der Waals surface area contributed by atoms with Crippen molar-refractivity contribution in [2.45, 2.75) is 32.6 Å². The minimum absolute atomic E-state index is 0.358. The summed E-state index contributed by atoms with van der Waals surface area (Å²) in [4.78, 5) is 0. The molecule has 59 valence electrons. The van der Waals surface area contributed by atoms with Gasteiger partial charge in [0.25, 0.3) is 0 Å². The number of aliphatic hydroxyl groups excluding tert-OH is 1. The number of hydrogen-bond acceptors (Lipinski definition) is 1. The molecule has 0 aliphatic heterocycles. The van der Waals surface area contributed by atoms with E-state index >= 15 is 0 Å². The van der Waals surface area contributed by atoms with Gasteiger partial charge >= 0.3 is 0 Å². The standard InChI is InChI=1S/C9H17O/c1-2-8-4-3-5-9(6-8)7-10/h5,8-10H,2-4,6-7H2,1H3. The molecule has 1 N–H and O–H groups in total. The van der Waals surface area contributed by atoms with Crippen molar-refractivity contribution in [1.29, 1.82) is 0 Å². The molecule has 1 rings (SSSR count). The number of aliphatic hydroxyl groups is 1. The highest BCUT2D eigenvalue weighted by Crippen LogP contribution is 2.29. The fourth-order valence-electron chi connectivity index (χ4n) is 1.73. The minimum Gasteiger partial charge on any atom is -0.396 e. The van der Waals surface area contributed by atoms with Gasteiger partial charge in [-0.1, -0.05) is 19.8 Å². The fraction of sp³-hybridized carbons (Fsp3) is 0.889. The van der Waals surface area contributed by atoms with Gasteiger partial charge in [0.15, 0.2) is 0 Å². The Balaban J connectivity index is 2.25. The van der Waals surface area contributed by atoms with Crippen LogP contribution >= 0.6 is 0 Å². The van der Waals surface area contributed by atoms with Crippen LogP contribution in [0.25, 0.3) is 0 Å². The molecule has 1 saturated carbocycles. The molecule has 0 aromatic rings. The molecule has 0 amide bonds. The molecule has 0 saturated heterocycles. The second-order valence-corrected chi connectivity index (χ2v) is 3.27. The van der Waals surface area contributed by atoms with Crippen molar-refractivity contribution in [2.24, 2.45) is 11.8 Å². The Morgan fingerprint density at radius 2 is 2.40 bits per heavy atom. The summed E-state index contributed by atoms with van der Waals surface area (Å²) < 4.78 is 0. The van der Waals surface area contributed by atoms with Gasteiger partial charge in [-0.2, -0.15) is 0 Å². The van der Waals surface area contributed by atoms with Crippen LogP contribution in [-0.4, -0.2) is 11.7 Å². The zero-order valence-electron chi connectivity index (χ0n) is 6.71. The zero-order valence-corrected chi connectivity index (χ0v) is 6.71. The molecule has 0 aromatic heterocycles. The summed E-state index contributed by atoms with van der Waals surface area (Å²) in [5, 5.41) is 8.87. The highest BCUT2D eigenvalue weighted by Gasteiger charge is 2.19. The van der Waals surface area contributed by atoms with Crippen LogP contribution in [0.2, 0.25) is 0 Å². The molecule has 0 aromatic carbocycles. The van der Waals surface area contributed by atoms with Gasteiger partial charge in [-0.05, 0) is 31.1 Å². The van der Waals surface area contributed by atoms with Crippen molar-refractivity contribution in [2.75, 3.05) is 6.61 Å². The van der Waals surface area contributed by atoms with Crippen LogP contribution in [-0.2, 0) is 0 Å². The van der Waals surface area contributed by atoms with Gasteiger partial charge in [-0.25, -0.2) is 0 Å². The Kier molecular flexibility index (Phi) is 3.20. The SMILES string of the molecule is CCC1CC[CH]C(CO)C1. The third-order valence-electron chi connectivity index (χ3n) is 2.52. The van der Waals surface area contributed by atoms with E-state index in [4.69, 9.17) is 5.11 Å². The van der Waals surface area contributed by atoms with Gasteiger partial charge in [0.1, 0.15) is 0 Å². The zero-order chi connectivity index (χ0) is 7.40. The van der Waals surface area contributed by atoms with Crippen LogP contribution < -0.4 is 0 Å². The van der Waals surface area contributed by atoms with Crippen molar-refractivity contribution in [3.63, 3.8) is 0 Å². The molecule has 1 radical (unpaired) electrons. The second kappa shape index (κ2) is 3.97. The van der Waals surface area contributed by atoms with E-state index in [0.717, 1.165) is 5.92 Å². The summed E-state index contributed by atoms with van der Waals surface area (Å²) in [6, 6.07) is 0. The highest BCUT2D eigenvalue weighted by atomic mass is 16.3. The van der Waals surface area contributed by atoms with E-state index in [9.17, 15) is 0 Å². The van der Waals surface area contributed by atoms with Crippen molar-refractivity contribution >= 4 is 0 Å². The predicted molar refractivity (Wildman–Crippen MR) is 42.5 cm³/mol. The smallest absolute Gasteiger partial charge is 0.0462 e. The van der Waals surface area contributed by atoms with Gasteiger partial charge in [-0.3, -0.25) is 0 Å². The van der Waals surface area contributed by atoms with Gasteiger partial charge in [0, 0.05) is 6.61 Å². The van der Waals surface area contributed by atoms with Crippen LogP contribution in [0, 0.1) is 18.3 Å². The molecule has 1 aliphatic rings. The molecule has 1 nitrogen and oxygen atoms in total. The molecular formula is C9H17O. The van der Waals surface area contributed by atoms with E-state index in [-0.39, 0.29) is 0 Å².